The molecule has 0 spiro atoms. The van der Waals surface area contributed by atoms with Gasteiger partial charge in [0.25, 0.3) is 0 Å². The van der Waals surface area contributed by atoms with E-state index >= 15 is 0 Å². The zero-order valence-electron chi connectivity index (χ0n) is 18.7. The minimum atomic E-state index is -4.31. The van der Waals surface area contributed by atoms with Gasteiger partial charge in [0.1, 0.15) is 0 Å². The van der Waals surface area contributed by atoms with Crippen molar-refractivity contribution < 1.29 is 13.2 Å². The van der Waals surface area contributed by atoms with Gasteiger partial charge in [0.05, 0.1) is 11.3 Å². The van der Waals surface area contributed by atoms with Crippen molar-refractivity contribution in [1.29, 1.82) is 0 Å². The Morgan fingerprint density at radius 3 is 2.62 bits per heavy atom. The summed E-state index contributed by atoms with van der Waals surface area (Å²) in [4.78, 5) is 11.1. The number of aromatic nitrogens is 1. The minimum absolute atomic E-state index is 0.0118. The van der Waals surface area contributed by atoms with Crippen LogP contribution in [0.5, 0.6) is 0 Å². The lowest BCUT2D eigenvalue weighted by atomic mass is 9.96. The molecule has 1 fully saturated rings. The molecule has 1 saturated heterocycles. The van der Waals surface area contributed by atoms with Gasteiger partial charge in [0.2, 0.25) is 0 Å². The quantitative estimate of drug-likeness (QED) is 0.487. The lowest BCUT2D eigenvalue weighted by molar-refractivity contribution is -0.137. The normalized spacial score (nSPS) is 17.2. The SMILES string of the molecule is CN=C(NCCC(C)c1cccc(C(F)(F)F)c1)NC1CCN(Cc2ccccn2)CC1. The molecule has 1 aromatic heterocycles. The summed E-state index contributed by atoms with van der Waals surface area (Å²) in [6, 6.07) is 11.9. The molecule has 0 bridgehead atoms. The zero-order valence-corrected chi connectivity index (χ0v) is 18.7. The number of hydrogen-bond acceptors (Lipinski definition) is 3. The number of nitrogens with zero attached hydrogens (tertiary/aromatic N) is 3. The van der Waals surface area contributed by atoms with Crippen LogP contribution in [0, 0.1) is 0 Å². The number of nitrogens with one attached hydrogen (secondary N) is 2. The molecule has 0 radical (unpaired) electrons. The lowest BCUT2D eigenvalue weighted by Gasteiger charge is -2.32. The number of benzene rings is 1. The summed E-state index contributed by atoms with van der Waals surface area (Å²) in [7, 11) is 1.74. The van der Waals surface area contributed by atoms with Crippen LogP contribution in [0.25, 0.3) is 0 Å². The highest BCUT2D eigenvalue weighted by Crippen LogP contribution is 2.31. The Balaban J connectivity index is 1.40. The Kier molecular flexibility index (Phi) is 8.50. The van der Waals surface area contributed by atoms with Crippen molar-refractivity contribution in [2.24, 2.45) is 4.99 Å². The molecule has 2 aromatic rings. The second-order valence-corrected chi connectivity index (χ2v) is 8.33. The van der Waals surface area contributed by atoms with Crippen LogP contribution in [0.4, 0.5) is 13.2 Å². The fourth-order valence-electron chi connectivity index (χ4n) is 3.94. The summed E-state index contributed by atoms with van der Waals surface area (Å²) in [5.41, 5.74) is 1.19. The number of piperidine rings is 1. The predicted molar refractivity (Wildman–Crippen MR) is 122 cm³/mol. The summed E-state index contributed by atoms with van der Waals surface area (Å²) in [6.07, 6.45) is 0.271. The summed E-state index contributed by atoms with van der Waals surface area (Å²) in [5, 5.41) is 6.79. The molecule has 1 unspecified atom stereocenters. The van der Waals surface area contributed by atoms with Gasteiger partial charge in [0.15, 0.2) is 5.96 Å². The molecule has 1 aromatic carbocycles. The molecule has 1 atom stereocenters. The van der Waals surface area contributed by atoms with Gasteiger partial charge >= 0.3 is 6.18 Å². The molecule has 32 heavy (non-hydrogen) atoms. The summed E-state index contributed by atoms with van der Waals surface area (Å²) < 4.78 is 38.8. The van der Waals surface area contributed by atoms with Gasteiger partial charge in [0, 0.05) is 45.5 Å². The van der Waals surface area contributed by atoms with Crippen molar-refractivity contribution >= 4 is 5.96 Å². The summed E-state index contributed by atoms with van der Waals surface area (Å²) >= 11 is 0. The first kappa shape index (κ1) is 24.0. The van der Waals surface area contributed by atoms with Gasteiger partial charge in [-0.2, -0.15) is 13.2 Å². The average Bonchev–Trinajstić information content (AvgIpc) is 2.79. The van der Waals surface area contributed by atoms with Crippen LogP contribution in [-0.2, 0) is 12.7 Å². The zero-order chi connectivity index (χ0) is 23.0. The molecule has 3 rings (SSSR count). The van der Waals surface area contributed by atoms with Gasteiger partial charge in [-0.05, 0) is 48.9 Å². The smallest absolute Gasteiger partial charge is 0.356 e. The van der Waals surface area contributed by atoms with E-state index in [4.69, 9.17) is 0 Å². The fraction of sp³-hybridized carbons (Fsp3) is 0.500. The van der Waals surface area contributed by atoms with Gasteiger partial charge < -0.3 is 10.6 Å². The van der Waals surface area contributed by atoms with E-state index in [9.17, 15) is 13.2 Å². The Morgan fingerprint density at radius 2 is 1.97 bits per heavy atom. The predicted octanol–water partition coefficient (Wildman–Crippen LogP) is 4.42. The van der Waals surface area contributed by atoms with Crippen LogP contribution >= 0.6 is 0 Å². The minimum Gasteiger partial charge on any atom is -0.356 e. The standard InChI is InChI=1S/C24H32F3N5/c1-18(19-6-5-7-20(16-19)24(25,26)27)9-13-30-23(28-2)31-21-10-14-32(15-11-21)17-22-8-3-4-12-29-22/h3-8,12,16,18,21H,9-11,13-15,17H2,1-2H3,(H2,28,30,31). The molecule has 5 nitrogen and oxygen atoms in total. The van der Waals surface area contributed by atoms with Crippen molar-refractivity contribution in [3.05, 3.63) is 65.5 Å². The van der Waals surface area contributed by atoms with E-state index in [1.54, 1.807) is 13.1 Å². The Morgan fingerprint density at radius 1 is 1.19 bits per heavy atom. The molecular weight excluding hydrogens is 415 g/mol. The first-order valence-electron chi connectivity index (χ1n) is 11.1. The molecule has 0 amide bonds. The Bertz CT molecular complexity index is 861. The van der Waals surface area contributed by atoms with E-state index in [0.29, 0.717) is 24.6 Å². The second-order valence-electron chi connectivity index (χ2n) is 8.33. The first-order chi connectivity index (χ1) is 15.3. The average molecular weight is 448 g/mol. The maximum atomic E-state index is 12.9. The molecule has 2 heterocycles. The van der Waals surface area contributed by atoms with Crippen molar-refractivity contribution in [2.45, 2.75) is 50.9 Å². The molecule has 174 valence electrons. The molecule has 0 aliphatic carbocycles. The third-order valence-corrected chi connectivity index (χ3v) is 5.92. The van der Waals surface area contributed by atoms with Crippen LogP contribution < -0.4 is 10.6 Å². The van der Waals surface area contributed by atoms with Crippen LogP contribution in [0.3, 0.4) is 0 Å². The molecule has 1 aliphatic heterocycles. The fourth-order valence-corrected chi connectivity index (χ4v) is 3.94. The van der Waals surface area contributed by atoms with Gasteiger partial charge in [-0.15, -0.1) is 0 Å². The maximum absolute atomic E-state index is 12.9. The molecule has 1 aliphatic rings. The molecule has 8 heteroatoms. The van der Waals surface area contributed by atoms with E-state index in [0.717, 1.165) is 50.2 Å². The first-order valence-corrected chi connectivity index (χ1v) is 11.1. The van der Waals surface area contributed by atoms with E-state index in [1.165, 1.54) is 12.1 Å². The Hall–Kier alpha value is -2.61. The number of alkyl halides is 3. The number of halogens is 3. The van der Waals surface area contributed by atoms with Crippen LogP contribution in [-0.4, -0.2) is 48.6 Å². The van der Waals surface area contributed by atoms with E-state index in [1.807, 2.05) is 25.3 Å². The second kappa shape index (κ2) is 11.3. The van der Waals surface area contributed by atoms with E-state index < -0.39 is 11.7 Å². The number of pyridine rings is 1. The molecule has 0 saturated carbocycles. The van der Waals surface area contributed by atoms with Gasteiger partial charge in [-0.1, -0.05) is 31.2 Å². The van der Waals surface area contributed by atoms with Crippen LogP contribution in [0.15, 0.2) is 53.7 Å². The number of aliphatic imine (C=N–C) groups is 1. The summed E-state index contributed by atoms with van der Waals surface area (Å²) in [6.45, 7) is 5.45. The van der Waals surface area contributed by atoms with Crippen LogP contribution in [0.2, 0.25) is 0 Å². The molecule has 2 N–H and O–H groups in total. The number of rotatable bonds is 7. The van der Waals surface area contributed by atoms with Crippen molar-refractivity contribution in [2.75, 3.05) is 26.7 Å². The molecular formula is C24H32F3N5. The largest absolute Gasteiger partial charge is 0.416 e. The van der Waals surface area contributed by atoms with Crippen molar-refractivity contribution in [3.63, 3.8) is 0 Å². The van der Waals surface area contributed by atoms with Crippen LogP contribution in [0.1, 0.15) is 48.9 Å². The van der Waals surface area contributed by atoms with Crippen molar-refractivity contribution in [3.8, 4) is 0 Å². The highest BCUT2D eigenvalue weighted by Gasteiger charge is 2.30. The highest BCUT2D eigenvalue weighted by molar-refractivity contribution is 5.79. The number of likely N-dealkylation sites (tertiary alicyclic amines) is 1. The van der Waals surface area contributed by atoms with E-state index in [2.05, 4.69) is 31.6 Å². The maximum Gasteiger partial charge on any atom is 0.416 e. The monoisotopic (exact) mass is 447 g/mol. The Labute approximate surface area is 188 Å². The van der Waals surface area contributed by atoms with E-state index in [-0.39, 0.29) is 5.92 Å². The third kappa shape index (κ3) is 7.22. The number of guanidine groups is 1. The lowest BCUT2D eigenvalue weighted by Crippen LogP contribution is -2.48. The number of hydrogen-bond donors (Lipinski definition) is 2. The van der Waals surface area contributed by atoms with Gasteiger partial charge in [-0.25, -0.2) is 0 Å². The highest BCUT2D eigenvalue weighted by atomic mass is 19.4. The third-order valence-electron chi connectivity index (χ3n) is 5.92. The van der Waals surface area contributed by atoms with Gasteiger partial charge in [-0.3, -0.25) is 14.9 Å². The topological polar surface area (TPSA) is 52.6 Å². The van der Waals surface area contributed by atoms with Crippen molar-refractivity contribution in [1.82, 2.24) is 20.5 Å². The summed E-state index contributed by atoms with van der Waals surface area (Å²) in [5.74, 6) is 0.752.